The van der Waals surface area contributed by atoms with Crippen LogP contribution in [0.15, 0.2) is 27.6 Å². The molecule has 3 heterocycles. The average molecular weight is 342 g/mol. The van der Waals surface area contributed by atoms with E-state index in [1.165, 1.54) is 0 Å². The molecular weight excluding hydrogens is 320 g/mol. The number of hydrogen-bond acceptors (Lipinski definition) is 4. The Morgan fingerprint density at radius 1 is 1.36 bits per heavy atom. The van der Waals surface area contributed by atoms with Crippen molar-refractivity contribution < 1.29 is 9.21 Å². The van der Waals surface area contributed by atoms with Crippen LogP contribution in [0.5, 0.6) is 0 Å². The maximum atomic E-state index is 12.4. The summed E-state index contributed by atoms with van der Waals surface area (Å²) in [6.07, 6.45) is 2.94. The number of aromatic nitrogens is 3. The normalized spacial score (nSPS) is 11.2. The summed E-state index contributed by atoms with van der Waals surface area (Å²) in [4.78, 5) is 27.3. The third kappa shape index (κ3) is 3.50. The Kier molecular flexibility index (Phi) is 4.74. The van der Waals surface area contributed by atoms with E-state index in [4.69, 9.17) is 4.42 Å². The first-order valence-corrected chi connectivity index (χ1v) is 8.31. The van der Waals surface area contributed by atoms with Crippen LogP contribution in [0, 0.1) is 13.8 Å². The predicted molar refractivity (Wildman–Crippen MR) is 94.6 cm³/mol. The fraction of sp³-hybridized carbons (Fsp3) is 0.389. The molecule has 0 fully saturated rings. The number of aromatic amines is 1. The maximum absolute atomic E-state index is 12.4. The summed E-state index contributed by atoms with van der Waals surface area (Å²) < 4.78 is 6.90. The van der Waals surface area contributed by atoms with Crippen molar-refractivity contribution in [2.45, 2.75) is 33.1 Å². The summed E-state index contributed by atoms with van der Waals surface area (Å²) in [6.45, 7) is 4.34. The lowest BCUT2D eigenvalue weighted by Crippen LogP contribution is -2.27. The lowest BCUT2D eigenvalue weighted by atomic mass is 10.0. The van der Waals surface area contributed by atoms with E-state index in [9.17, 15) is 9.59 Å². The lowest BCUT2D eigenvalue weighted by Gasteiger charge is -2.08. The molecule has 0 spiro atoms. The smallest absolute Gasteiger partial charge is 0.253 e. The molecule has 0 radical (unpaired) electrons. The molecule has 0 saturated carbocycles. The molecule has 0 aliphatic carbocycles. The summed E-state index contributed by atoms with van der Waals surface area (Å²) in [5.41, 5.74) is 2.97. The number of nitrogens with one attached hydrogen (secondary N) is 2. The molecule has 7 nitrogen and oxygen atoms in total. The molecule has 1 amide bonds. The van der Waals surface area contributed by atoms with Gasteiger partial charge in [-0.1, -0.05) is 0 Å². The van der Waals surface area contributed by atoms with Crippen LogP contribution < -0.4 is 10.9 Å². The van der Waals surface area contributed by atoms with Gasteiger partial charge in [0, 0.05) is 37.4 Å². The van der Waals surface area contributed by atoms with Crippen LogP contribution in [-0.4, -0.2) is 27.2 Å². The molecule has 3 rings (SSSR count). The van der Waals surface area contributed by atoms with Gasteiger partial charge in [0.25, 0.3) is 5.56 Å². The Morgan fingerprint density at radius 2 is 2.16 bits per heavy atom. The predicted octanol–water partition coefficient (Wildman–Crippen LogP) is 1.76. The standard InChI is InChI=1S/C18H22N4O3/c1-11-14(18(24)20-17-16(11)12(2)21-22(17)3)6-7-15(23)19-9-8-13-5-4-10-25-13/h4-5,10H,6-9H2,1-3H3,(H,19,23)(H,20,24). The molecule has 0 unspecified atom stereocenters. The number of aryl methyl sites for hydroxylation is 3. The Labute approximate surface area is 145 Å². The minimum Gasteiger partial charge on any atom is -0.469 e. The van der Waals surface area contributed by atoms with E-state index < -0.39 is 0 Å². The first-order chi connectivity index (χ1) is 12.0. The topological polar surface area (TPSA) is 92.9 Å². The highest BCUT2D eigenvalue weighted by Crippen LogP contribution is 2.21. The van der Waals surface area contributed by atoms with Gasteiger partial charge in [-0.25, -0.2) is 0 Å². The van der Waals surface area contributed by atoms with Gasteiger partial charge in [-0.2, -0.15) is 5.10 Å². The average Bonchev–Trinajstić information content (AvgIpc) is 3.16. The molecule has 132 valence electrons. The molecule has 0 atom stereocenters. The van der Waals surface area contributed by atoms with Crippen LogP contribution in [0.1, 0.15) is 29.0 Å². The fourth-order valence-electron chi connectivity index (χ4n) is 3.16. The molecule has 0 aliphatic rings. The van der Waals surface area contributed by atoms with E-state index >= 15 is 0 Å². The Morgan fingerprint density at radius 3 is 2.88 bits per heavy atom. The Hall–Kier alpha value is -2.83. The summed E-state index contributed by atoms with van der Waals surface area (Å²) in [5, 5.41) is 8.16. The van der Waals surface area contributed by atoms with Gasteiger partial charge in [-0.15, -0.1) is 0 Å². The highest BCUT2D eigenvalue weighted by atomic mass is 16.3. The minimum atomic E-state index is -0.156. The molecule has 3 aromatic heterocycles. The molecule has 25 heavy (non-hydrogen) atoms. The minimum absolute atomic E-state index is 0.0756. The second kappa shape index (κ2) is 6.96. The number of hydrogen-bond donors (Lipinski definition) is 2. The summed E-state index contributed by atoms with van der Waals surface area (Å²) in [6, 6.07) is 3.70. The van der Waals surface area contributed by atoms with Crippen molar-refractivity contribution in [3.8, 4) is 0 Å². The second-order valence-electron chi connectivity index (χ2n) is 6.17. The number of rotatable bonds is 6. The maximum Gasteiger partial charge on any atom is 0.253 e. The van der Waals surface area contributed by atoms with E-state index in [1.807, 2.05) is 26.0 Å². The number of carbonyl (C=O) groups excluding carboxylic acids is 1. The van der Waals surface area contributed by atoms with E-state index in [0.29, 0.717) is 30.6 Å². The monoisotopic (exact) mass is 342 g/mol. The van der Waals surface area contributed by atoms with Gasteiger partial charge in [-0.3, -0.25) is 14.3 Å². The molecule has 3 aromatic rings. The zero-order valence-corrected chi connectivity index (χ0v) is 14.7. The number of fused-ring (bicyclic) bond motifs is 1. The van der Waals surface area contributed by atoms with E-state index in [1.54, 1.807) is 18.0 Å². The summed E-state index contributed by atoms with van der Waals surface area (Å²) in [7, 11) is 1.80. The van der Waals surface area contributed by atoms with Crippen LogP contribution in [-0.2, 0) is 24.7 Å². The van der Waals surface area contributed by atoms with Crippen molar-refractivity contribution in [3.05, 3.63) is 51.3 Å². The molecule has 2 N–H and O–H groups in total. The van der Waals surface area contributed by atoms with Crippen LogP contribution in [0.4, 0.5) is 0 Å². The largest absolute Gasteiger partial charge is 0.469 e. The first-order valence-electron chi connectivity index (χ1n) is 8.31. The van der Waals surface area contributed by atoms with Crippen molar-refractivity contribution >= 4 is 16.9 Å². The van der Waals surface area contributed by atoms with Crippen molar-refractivity contribution in [1.82, 2.24) is 20.1 Å². The number of nitrogens with zero attached hydrogens (tertiary/aromatic N) is 2. The number of H-pyrrole nitrogens is 1. The van der Waals surface area contributed by atoms with E-state index in [-0.39, 0.29) is 17.9 Å². The van der Waals surface area contributed by atoms with Crippen molar-refractivity contribution in [2.24, 2.45) is 7.05 Å². The zero-order valence-electron chi connectivity index (χ0n) is 14.7. The molecule has 0 aromatic carbocycles. The number of pyridine rings is 1. The Balaban J connectivity index is 1.65. The molecule has 0 aliphatic heterocycles. The quantitative estimate of drug-likeness (QED) is 0.714. The van der Waals surface area contributed by atoms with Gasteiger partial charge in [0.2, 0.25) is 5.91 Å². The van der Waals surface area contributed by atoms with E-state index in [0.717, 1.165) is 22.4 Å². The van der Waals surface area contributed by atoms with Gasteiger partial charge in [0.1, 0.15) is 11.4 Å². The van der Waals surface area contributed by atoms with Crippen LogP contribution in [0.2, 0.25) is 0 Å². The van der Waals surface area contributed by atoms with Gasteiger partial charge < -0.3 is 14.7 Å². The highest BCUT2D eigenvalue weighted by Gasteiger charge is 2.15. The third-order valence-electron chi connectivity index (χ3n) is 4.43. The zero-order chi connectivity index (χ0) is 18.0. The fourth-order valence-corrected chi connectivity index (χ4v) is 3.16. The molecule has 7 heteroatoms. The van der Waals surface area contributed by atoms with Gasteiger partial charge in [-0.05, 0) is 38.0 Å². The first kappa shape index (κ1) is 17.0. The number of furan rings is 1. The third-order valence-corrected chi connectivity index (χ3v) is 4.43. The van der Waals surface area contributed by atoms with Crippen molar-refractivity contribution in [1.29, 1.82) is 0 Å². The van der Waals surface area contributed by atoms with Crippen LogP contribution in [0.25, 0.3) is 11.0 Å². The highest BCUT2D eigenvalue weighted by molar-refractivity contribution is 5.83. The number of amides is 1. The molecular formula is C18H22N4O3. The Bertz CT molecular complexity index is 951. The van der Waals surface area contributed by atoms with Crippen LogP contribution >= 0.6 is 0 Å². The molecule has 0 bridgehead atoms. The lowest BCUT2D eigenvalue weighted by molar-refractivity contribution is -0.121. The van der Waals surface area contributed by atoms with Crippen LogP contribution in [0.3, 0.4) is 0 Å². The van der Waals surface area contributed by atoms with Crippen molar-refractivity contribution in [3.63, 3.8) is 0 Å². The summed E-state index contributed by atoms with van der Waals surface area (Å²) in [5.74, 6) is 0.762. The number of carbonyl (C=O) groups is 1. The summed E-state index contributed by atoms with van der Waals surface area (Å²) >= 11 is 0. The van der Waals surface area contributed by atoms with Gasteiger partial charge >= 0.3 is 0 Å². The SMILES string of the molecule is Cc1nn(C)c2[nH]c(=O)c(CCC(=O)NCCc3ccco3)c(C)c12. The molecule has 0 saturated heterocycles. The van der Waals surface area contributed by atoms with E-state index in [2.05, 4.69) is 15.4 Å². The van der Waals surface area contributed by atoms with Gasteiger partial charge in [0.15, 0.2) is 0 Å². The second-order valence-corrected chi connectivity index (χ2v) is 6.17. The van der Waals surface area contributed by atoms with Gasteiger partial charge in [0.05, 0.1) is 12.0 Å². The van der Waals surface area contributed by atoms with Crippen molar-refractivity contribution in [2.75, 3.05) is 6.54 Å².